The molecule has 0 radical (unpaired) electrons. The third-order valence-electron chi connectivity index (χ3n) is 4.44. The maximum Gasteiger partial charge on any atom is 0.229 e. The number of hydrogen-bond acceptors (Lipinski definition) is 7. The van der Waals surface area contributed by atoms with E-state index < -0.39 is 10.0 Å². The first-order valence-electron chi connectivity index (χ1n) is 8.97. The fourth-order valence-electron chi connectivity index (χ4n) is 2.93. The molecule has 0 aliphatic carbocycles. The lowest BCUT2D eigenvalue weighted by Crippen LogP contribution is -2.41. The Morgan fingerprint density at radius 1 is 1.31 bits per heavy atom. The molecule has 29 heavy (non-hydrogen) atoms. The molecule has 0 bridgehead atoms. The van der Waals surface area contributed by atoms with Crippen molar-refractivity contribution in [3.63, 3.8) is 0 Å². The summed E-state index contributed by atoms with van der Waals surface area (Å²) in [5.74, 6) is 0.268. The van der Waals surface area contributed by atoms with E-state index in [1.165, 1.54) is 27.4 Å². The van der Waals surface area contributed by atoms with Crippen LogP contribution in [0.25, 0.3) is 0 Å². The zero-order chi connectivity index (χ0) is 20.9. The lowest BCUT2D eigenvalue weighted by molar-refractivity contribution is -0.120. The molecule has 1 aliphatic heterocycles. The molecule has 0 atom stereocenters. The number of hydrogen-bond donors (Lipinski definition) is 1. The van der Waals surface area contributed by atoms with Crippen LogP contribution in [-0.4, -0.2) is 47.7 Å². The lowest BCUT2D eigenvalue weighted by Gasteiger charge is -2.30. The molecular formula is C18H21ClN4O3S3. The number of carbonyl (C=O) groups excluding carboxylic acids is 1. The lowest BCUT2D eigenvalue weighted by atomic mass is 9.97. The molecule has 1 aromatic carbocycles. The summed E-state index contributed by atoms with van der Waals surface area (Å²) in [7, 11) is -3.44. The van der Waals surface area contributed by atoms with Gasteiger partial charge in [-0.2, -0.15) is 0 Å². The Balaban J connectivity index is 1.51. The van der Waals surface area contributed by atoms with Crippen LogP contribution in [0.1, 0.15) is 18.4 Å². The van der Waals surface area contributed by atoms with Gasteiger partial charge in [0, 0.05) is 29.8 Å². The molecule has 1 aliphatic rings. The second-order valence-electron chi connectivity index (χ2n) is 6.52. The van der Waals surface area contributed by atoms with E-state index in [0.717, 1.165) is 10.1 Å². The van der Waals surface area contributed by atoms with Gasteiger partial charge in [-0.15, -0.1) is 16.8 Å². The van der Waals surface area contributed by atoms with Crippen LogP contribution in [0.4, 0.5) is 5.13 Å². The second-order valence-corrected chi connectivity index (χ2v) is 11.2. The monoisotopic (exact) mass is 472 g/mol. The number of piperidine rings is 1. The van der Waals surface area contributed by atoms with Gasteiger partial charge in [0.2, 0.25) is 21.1 Å². The number of halogens is 1. The van der Waals surface area contributed by atoms with Crippen molar-refractivity contribution in [3.05, 3.63) is 47.5 Å². The molecule has 1 amide bonds. The Labute approximate surface area is 183 Å². The first-order valence-corrected chi connectivity index (χ1v) is 12.8. The van der Waals surface area contributed by atoms with Gasteiger partial charge in [0.05, 0.1) is 5.75 Å². The van der Waals surface area contributed by atoms with Gasteiger partial charge in [0.1, 0.15) is 0 Å². The molecule has 1 fully saturated rings. The number of carbonyl (C=O) groups is 1. The predicted octanol–water partition coefficient (Wildman–Crippen LogP) is 3.65. The maximum atomic E-state index is 12.7. The van der Waals surface area contributed by atoms with Crippen LogP contribution >= 0.6 is 34.7 Å². The minimum absolute atomic E-state index is 0.0725. The highest BCUT2D eigenvalue weighted by molar-refractivity contribution is 8.01. The molecule has 3 rings (SSSR count). The molecule has 156 valence electrons. The minimum Gasteiger partial charge on any atom is -0.300 e. The third-order valence-corrected chi connectivity index (χ3v) is 8.51. The van der Waals surface area contributed by atoms with Gasteiger partial charge in [-0.1, -0.05) is 52.9 Å². The summed E-state index contributed by atoms with van der Waals surface area (Å²) >= 11 is 8.67. The van der Waals surface area contributed by atoms with Gasteiger partial charge < -0.3 is 5.32 Å². The molecule has 11 heteroatoms. The molecule has 0 saturated carbocycles. The quantitative estimate of drug-likeness (QED) is 0.358. The number of benzene rings is 1. The van der Waals surface area contributed by atoms with Crippen molar-refractivity contribution in [2.45, 2.75) is 22.9 Å². The summed E-state index contributed by atoms with van der Waals surface area (Å²) in [6, 6.07) is 6.78. The van der Waals surface area contributed by atoms with Crippen LogP contribution < -0.4 is 5.32 Å². The normalized spacial score (nSPS) is 15.9. The number of nitrogens with one attached hydrogen (secondary N) is 1. The maximum absolute atomic E-state index is 12.7. The summed E-state index contributed by atoms with van der Waals surface area (Å²) in [4.78, 5) is 12.5. The van der Waals surface area contributed by atoms with E-state index in [1.54, 1.807) is 30.3 Å². The summed E-state index contributed by atoms with van der Waals surface area (Å²) in [5.41, 5.74) is 0.690. The molecule has 0 spiro atoms. The number of aromatic nitrogens is 2. The van der Waals surface area contributed by atoms with E-state index in [2.05, 4.69) is 22.1 Å². The zero-order valence-corrected chi connectivity index (χ0v) is 18.8. The molecule has 1 saturated heterocycles. The molecule has 1 aromatic heterocycles. The second kappa shape index (κ2) is 10.0. The van der Waals surface area contributed by atoms with Gasteiger partial charge in [-0.25, -0.2) is 12.7 Å². The van der Waals surface area contributed by atoms with E-state index in [4.69, 9.17) is 11.6 Å². The summed E-state index contributed by atoms with van der Waals surface area (Å²) in [6.07, 6.45) is 2.73. The van der Waals surface area contributed by atoms with E-state index in [1.807, 2.05) is 0 Å². The summed E-state index contributed by atoms with van der Waals surface area (Å²) in [5, 5.41) is 11.8. The van der Waals surface area contributed by atoms with E-state index in [0.29, 0.717) is 41.6 Å². The number of thioether (sulfide) groups is 1. The highest BCUT2D eigenvalue weighted by atomic mass is 35.5. The van der Waals surface area contributed by atoms with Crippen LogP contribution in [0, 0.1) is 5.92 Å². The molecule has 2 heterocycles. The van der Waals surface area contributed by atoms with Crippen LogP contribution in [0.5, 0.6) is 0 Å². The Hall–Kier alpha value is -1.46. The van der Waals surface area contributed by atoms with Gasteiger partial charge in [0.25, 0.3) is 0 Å². The Bertz CT molecular complexity index is 955. The molecular weight excluding hydrogens is 452 g/mol. The van der Waals surface area contributed by atoms with Crippen molar-refractivity contribution in [2.24, 2.45) is 5.92 Å². The van der Waals surface area contributed by atoms with Crippen molar-refractivity contribution in [1.29, 1.82) is 0 Å². The molecule has 7 nitrogen and oxygen atoms in total. The Morgan fingerprint density at radius 3 is 2.66 bits per heavy atom. The molecule has 1 N–H and O–H groups in total. The smallest absolute Gasteiger partial charge is 0.229 e. The standard InChI is InChI=1S/C18H21ClN4O3S3/c1-2-11-27-18-22-21-17(28-18)20-16(24)14-7-9-23(10-8-14)29(25,26)12-13-3-5-15(19)6-4-13/h2-6,14H,1,7-12H2,(H,20,21,24). The van der Waals surface area contributed by atoms with Crippen LogP contribution in [0.2, 0.25) is 5.02 Å². The summed E-state index contributed by atoms with van der Waals surface area (Å²) < 4.78 is 27.6. The number of amides is 1. The molecule has 2 aromatic rings. The van der Waals surface area contributed by atoms with Gasteiger partial charge in [-0.3, -0.25) is 4.79 Å². The average Bonchev–Trinajstić information content (AvgIpc) is 3.15. The first-order chi connectivity index (χ1) is 13.9. The fourth-order valence-corrected chi connectivity index (χ4v) is 6.14. The van der Waals surface area contributed by atoms with Crippen molar-refractivity contribution in [3.8, 4) is 0 Å². The first kappa shape index (κ1) is 22.2. The number of sulfonamides is 1. The predicted molar refractivity (Wildman–Crippen MR) is 118 cm³/mol. The number of nitrogens with zero attached hydrogens (tertiary/aromatic N) is 3. The van der Waals surface area contributed by atoms with Crippen LogP contribution in [0.15, 0.2) is 41.3 Å². The highest BCUT2D eigenvalue weighted by Gasteiger charge is 2.31. The number of rotatable bonds is 8. The average molecular weight is 473 g/mol. The van der Waals surface area contributed by atoms with Gasteiger partial charge in [0.15, 0.2) is 4.34 Å². The van der Waals surface area contributed by atoms with Crippen molar-refractivity contribution in [2.75, 3.05) is 24.2 Å². The van der Waals surface area contributed by atoms with Crippen molar-refractivity contribution in [1.82, 2.24) is 14.5 Å². The Morgan fingerprint density at radius 2 is 2.00 bits per heavy atom. The number of anilines is 1. The fraction of sp³-hybridized carbons (Fsp3) is 0.389. The SMILES string of the molecule is C=CCSc1nnc(NC(=O)C2CCN(S(=O)(=O)Cc3ccc(Cl)cc3)CC2)s1. The van der Waals surface area contributed by atoms with Gasteiger partial charge >= 0.3 is 0 Å². The highest BCUT2D eigenvalue weighted by Crippen LogP contribution is 2.27. The Kier molecular flexibility index (Phi) is 7.69. The van der Waals surface area contributed by atoms with E-state index in [-0.39, 0.29) is 17.6 Å². The van der Waals surface area contributed by atoms with Crippen molar-refractivity contribution >= 4 is 55.8 Å². The third kappa shape index (κ3) is 6.26. The van der Waals surface area contributed by atoms with Crippen molar-refractivity contribution < 1.29 is 13.2 Å². The molecule has 0 unspecified atom stereocenters. The minimum atomic E-state index is -3.44. The zero-order valence-electron chi connectivity index (χ0n) is 15.6. The largest absolute Gasteiger partial charge is 0.300 e. The van der Waals surface area contributed by atoms with Crippen LogP contribution in [0.3, 0.4) is 0 Å². The topological polar surface area (TPSA) is 92.3 Å². The van der Waals surface area contributed by atoms with Crippen LogP contribution in [-0.2, 0) is 20.6 Å². The summed E-state index contributed by atoms with van der Waals surface area (Å²) in [6.45, 7) is 4.30. The van der Waals surface area contributed by atoms with E-state index in [9.17, 15) is 13.2 Å². The van der Waals surface area contributed by atoms with E-state index >= 15 is 0 Å². The van der Waals surface area contributed by atoms with Gasteiger partial charge in [-0.05, 0) is 30.5 Å².